The van der Waals surface area contributed by atoms with Crippen LogP contribution in [0.2, 0.25) is 5.02 Å². The average molecular weight is 303 g/mol. The van der Waals surface area contributed by atoms with Gasteiger partial charge in [-0.3, -0.25) is 0 Å². The lowest BCUT2D eigenvalue weighted by atomic mass is 10.1. The molecule has 0 saturated heterocycles. The highest BCUT2D eigenvalue weighted by Crippen LogP contribution is 2.14. The predicted molar refractivity (Wildman–Crippen MR) is 86.5 cm³/mol. The normalized spacial score (nSPS) is 10.1. The SMILES string of the molecule is O=C(NCCCc1ccccc1)NCc1ccccc1Cl. The third-order valence-corrected chi connectivity index (χ3v) is 3.54. The number of carbonyl (C=O) groups is 1. The first-order valence-corrected chi connectivity index (χ1v) is 7.42. The summed E-state index contributed by atoms with van der Waals surface area (Å²) in [7, 11) is 0. The van der Waals surface area contributed by atoms with E-state index in [4.69, 9.17) is 11.6 Å². The number of aryl methyl sites for hydroxylation is 1. The number of carbonyl (C=O) groups excluding carboxylic acids is 1. The minimum absolute atomic E-state index is 0.164. The molecule has 0 radical (unpaired) electrons. The van der Waals surface area contributed by atoms with Gasteiger partial charge in [-0.25, -0.2) is 4.79 Å². The molecule has 3 nitrogen and oxygen atoms in total. The Kier molecular flexibility index (Phi) is 6.10. The fourth-order valence-corrected chi connectivity index (χ4v) is 2.22. The van der Waals surface area contributed by atoms with Crippen LogP contribution in [0.1, 0.15) is 17.5 Å². The zero-order chi connectivity index (χ0) is 14.9. The molecule has 0 fully saturated rings. The van der Waals surface area contributed by atoms with Crippen LogP contribution in [0.15, 0.2) is 54.6 Å². The summed E-state index contributed by atoms with van der Waals surface area (Å²) < 4.78 is 0. The summed E-state index contributed by atoms with van der Waals surface area (Å²) in [4.78, 5) is 11.7. The largest absolute Gasteiger partial charge is 0.338 e. The quantitative estimate of drug-likeness (QED) is 0.784. The van der Waals surface area contributed by atoms with Gasteiger partial charge in [0.1, 0.15) is 0 Å². The molecule has 0 atom stereocenters. The lowest BCUT2D eigenvalue weighted by molar-refractivity contribution is 0.240. The van der Waals surface area contributed by atoms with Gasteiger partial charge in [-0.2, -0.15) is 0 Å². The zero-order valence-electron chi connectivity index (χ0n) is 11.8. The van der Waals surface area contributed by atoms with Crippen molar-refractivity contribution in [1.29, 1.82) is 0 Å². The first-order valence-electron chi connectivity index (χ1n) is 7.05. The van der Waals surface area contributed by atoms with Gasteiger partial charge in [0.25, 0.3) is 0 Å². The number of urea groups is 1. The molecule has 0 aliphatic carbocycles. The van der Waals surface area contributed by atoms with Crippen LogP contribution in [0, 0.1) is 0 Å². The van der Waals surface area contributed by atoms with Crippen LogP contribution in [-0.2, 0) is 13.0 Å². The van der Waals surface area contributed by atoms with Crippen molar-refractivity contribution in [2.45, 2.75) is 19.4 Å². The highest BCUT2D eigenvalue weighted by molar-refractivity contribution is 6.31. The number of hydrogen-bond acceptors (Lipinski definition) is 1. The van der Waals surface area contributed by atoms with Crippen LogP contribution in [0.4, 0.5) is 4.79 Å². The highest BCUT2D eigenvalue weighted by Gasteiger charge is 2.02. The van der Waals surface area contributed by atoms with Gasteiger partial charge < -0.3 is 10.6 Å². The van der Waals surface area contributed by atoms with E-state index in [9.17, 15) is 4.79 Å². The van der Waals surface area contributed by atoms with Crippen LogP contribution >= 0.6 is 11.6 Å². The van der Waals surface area contributed by atoms with E-state index in [0.29, 0.717) is 18.1 Å². The lowest BCUT2D eigenvalue weighted by Gasteiger charge is -2.08. The Morgan fingerprint density at radius 1 is 0.952 bits per heavy atom. The predicted octanol–water partition coefficient (Wildman–Crippen LogP) is 3.77. The number of halogens is 1. The van der Waals surface area contributed by atoms with Crippen molar-refractivity contribution in [2.24, 2.45) is 0 Å². The van der Waals surface area contributed by atoms with E-state index in [1.807, 2.05) is 42.5 Å². The molecule has 0 saturated carbocycles. The van der Waals surface area contributed by atoms with Gasteiger partial charge in [0.2, 0.25) is 0 Å². The minimum Gasteiger partial charge on any atom is -0.338 e. The van der Waals surface area contributed by atoms with Gasteiger partial charge in [-0.15, -0.1) is 0 Å². The summed E-state index contributed by atoms with van der Waals surface area (Å²) in [6, 6.07) is 17.6. The smallest absolute Gasteiger partial charge is 0.315 e. The highest BCUT2D eigenvalue weighted by atomic mass is 35.5. The molecule has 2 aromatic rings. The van der Waals surface area contributed by atoms with Crippen LogP contribution < -0.4 is 10.6 Å². The summed E-state index contributed by atoms with van der Waals surface area (Å²) in [5.74, 6) is 0. The Bertz CT molecular complexity index is 572. The van der Waals surface area contributed by atoms with Gasteiger partial charge in [0.15, 0.2) is 0 Å². The summed E-state index contributed by atoms with van der Waals surface area (Å²) >= 11 is 6.03. The van der Waals surface area contributed by atoms with Gasteiger partial charge in [0, 0.05) is 18.1 Å². The maximum absolute atomic E-state index is 11.7. The topological polar surface area (TPSA) is 41.1 Å². The maximum atomic E-state index is 11.7. The molecule has 0 unspecified atom stereocenters. The fraction of sp³-hybridized carbons (Fsp3) is 0.235. The van der Waals surface area contributed by atoms with Crippen molar-refractivity contribution in [3.05, 3.63) is 70.7 Å². The van der Waals surface area contributed by atoms with E-state index in [-0.39, 0.29) is 6.03 Å². The third-order valence-electron chi connectivity index (χ3n) is 3.17. The zero-order valence-corrected chi connectivity index (χ0v) is 12.6. The standard InChI is InChI=1S/C17H19ClN2O/c18-16-11-5-4-10-15(16)13-20-17(21)19-12-6-9-14-7-2-1-3-8-14/h1-5,7-8,10-11H,6,9,12-13H2,(H2,19,20,21). The van der Waals surface area contributed by atoms with Crippen molar-refractivity contribution in [2.75, 3.05) is 6.54 Å². The Labute approximate surface area is 130 Å². The monoisotopic (exact) mass is 302 g/mol. The Morgan fingerprint density at radius 2 is 1.67 bits per heavy atom. The molecule has 4 heteroatoms. The van der Waals surface area contributed by atoms with Crippen molar-refractivity contribution in [3.63, 3.8) is 0 Å². The second-order valence-electron chi connectivity index (χ2n) is 4.79. The van der Waals surface area contributed by atoms with E-state index in [1.54, 1.807) is 0 Å². The van der Waals surface area contributed by atoms with Gasteiger partial charge in [-0.1, -0.05) is 60.1 Å². The molecule has 2 amide bonds. The Hall–Kier alpha value is -2.00. The van der Waals surface area contributed by atoms with Crippen molar-refractivity contribution in [3.8, 4) is 0 Å². The Morgan fingerprint density at radius 3 is 2.43 bits per heavy atom. The number of hydrogen-bond donors (Lipinski definition) is 2. The molecule has 0 aliphatic heterocycles. The van der Waals surface area contributed by atoms with Crippen molar-refractivity contribution >= 4 is 17.6 Å². The molecular formula is C17H19ClN2O. The number of amides is 2. The maximum Gasteiger partial charge on any atom is 0.315 e. The van der Waals surface area contributed by atoms with Gasteiger partial charge in [-0.05, 0) is 30.0 Å². The van der Waals surface area contributed by atoms with Crippen LogP contribution in [-0.4, -0.2) is 12.6 Å². The minimum atomic E-state index is -0.164. The van der Waals surface area contributed by atoms with E-state index < -0.39 is 0 Å². The molecule has 0 heterocycles. The van der Waals surface area contributed by atoms with Crippen LogP contribution in [0.3, 0.4) is 0 Å². The Balaban J connectivity index is 1.63. The third kappa shape index (κ3) is 5.48. The molecule has 110 valence electrons. The number of rotatable bonds is 6. The van der Waals surface area contributed by atoms with Crippen LogP contribution in [0.5, 0.6) is 0 Å². The molecule has 0 spiro atoms. The van der Waals surface area contributed by atoms with E-state index in [2.05, 4.69) is 22.8 Å². The van der Waals surface area contributed by atoms with E-state index >= 15 is 0 Å². The molecule has 0 aliphatic rings. The molecule has 21 heavy (non-hydrogen) atoms. The van der Waals surface area contributed by atoms with Crippen molar-refractivity contribution in [1.82, 2.24) is 10.6 Å². The second-order valence-corrected chi connectivity index (χ2v) is 5.20. The summed E-state index contributed by atoms with van der Waals surface area (Å²) in [5, 5.41) is 6.32. The fourth-order valence-electron chi connectivity index (χ4n) is 2.02. The first-order chi connectivity index (χ1) is 10.3. The average Bonchev–Trinajstić information content (AvgIpc) is 2.52. The molecule has 2 rings (SSSR count). The lowest BCUT2D eigenvalue weighted by Crippen LogP contribution is -2.35. The summed E-state index contributed by atoms with van der Waals surface area (Å²) in [6.45, 7) is 1.09. The van der Waals surface area contributed by atoms with Gasteiger partial charge >= 0.3 is 6.03 Å². The summed E-state index contributed by atoms with van der Waals surface area (Å²) in [6.07, 6.45) is 1.88. The molecule has 0 bridgehead atoms. The van der Waals surface area contributed by atoms with Crippen LogP contribution in [0.25, 0.3) is 0 Å². The van der Waals surface area contributed by atoms with E-state index in [0.717, 1.165) is 18.4 Å². The molecular weight excluding hydrogens is 284 g/mol. The van der Waals surface area contributed by atoms with Crippen molar-refractivity contribution < 1.29 is 4.79 Å². The van der Waals surface area contributed by atoms with Gasteiger partial charge in [0.05, 0.1) is 0 Å². The first kappa shape index (κ1) is 15.4. The summed E-state index contributed by atoms with van der Waals surface area (Å²) in [5.41, 5.74) is 2.20. The number of benzene rings is 2. The second kappa shape index (κ2) is 8.32. The number of nitrogens with one attached hydrogen (secondary N) is 2. The molecule has 2 N–H and O–H groups in total. The molecule has 2 aromatic carbocycles. The molecule has 0 aromatic heterocycles. The van der Waals surface area contributed by atoms with E-state index in [1.165, 1.54) is 5.56 Å².